The van der Waals surface area contributed by atoms with Crippen molar-refractivity contribution in [2.75, 3.05) is 13.1 Å². The van der Waals surface area contributed by atoms with E-state index in [1.54, 1.807) is 0 Å². The van der Waals surface area contributed by atoms with Crippen molar-refractivity contribution in [2.24, 2.45) is 5.41 Å². The lowest BCUT2D eigenvalue weighted by Crippen LogP contribution is -2.36. The molecule has 5 nitrogen and oxygen atoms in total. The molecule has 0 saturated heterocycles. The average molecular weight is 337 g/mol. The number of aromatic nitrogens is 4. The Balaban J connectivity index is 1.66. The number of fused-ring (bicyclic) bond motifs is 2. The molecule has 2 N–H and O–H groups in total. The summed E-state index contributed by atoms with van der Waals surface area (Å²) in [6, 6.07) is 4.32. The number of benzene rings is 1. The standard InChI is InChI=1S/C20H27N5/c1-12-8-15-16(9-13(12)2)22-19(21-15)18-14-6-7-25(11-20(3,4)5)10-17(14)23-24-18/h8-9H,6-7,10-11H2,1-5H3,(H,21,22)(H,23,24). The van der Waals surface area contributed by atoms with Gasteiger partial charge in [-0.05, 0) is 48.9 Å². The van der Waals surface area contributed by atoms with Crippen LogP contribution in [0.5, 0.6) is 0 Å². The Bertz CT molecular complexity index is 887. The number of nitrogens with one attached hydrogen (secondary N) is 2. The Morgan fingerprint density at radius 3 is 2.68 bits per heavy atom. The number of H-pyrrole nitrogens is 2. The van der Waals surface area contributed by atoms with Crippen LogP contribution in [0.1, 0.15) is 43.2 Å². The molecule has 3 aromatic rings. The first-order valence-electron chi connectivity index (χ1n) is 9.06. The minimum Gasteiger partial charge on any atom is -0.337 e. The van der Waals surface area contributed by atoms with E-state index in [0.29, 0.717) is 5.41 Å². The topological polar surface area (TPSA) is 60.6 Å². The maximum absolute atomic E-state index is 4.79. The molecule has 0 spiro atoms. The van der Waals surface area contributed by atoms with Crippen molar-refractivity contribution < 1.29 is 0 Å². The summed E-state index contributed by atoms with van der Waals surface area (Å²) in [6.45, 7) is 14.3. The van der Waals surface area contributed by atoms with Gasteiger partial charge in [0.25, 0.3) is 0 Å². The SMILES string of the molecule is Cc1cc2nc(-c3n[nH]c4c3CCN(CC(C)(C)C)C4)[nH]c2cc1C. The highest BCUT2D eigenvalue weighted by Gasteiger charge is 2.26. The van der Waals surface area contributed by atoms with Crippen molar-refractivity contribution in [1.29, 1.82) is 0 Å². The van der Waals surface area contributed by atoms with Gasteiger partial charge in [0, 0.05) is 25.2 Å². The summed E-state index contributed by atoms with van der Waals surface area (Å²) in [4.78, 5) is 10.8. The van der Waals surface area contributed by atoms with Crippen LogP contribution in [0.2, 0.25) is 0 Å². The number of hydrogen-bond acceptors (Lipinski definition) is 3. The summed E-state index contributed by atoms with van der Waals surface area (Å²) in [5.74, 6) is 0.877. The molecule has 1 aromatic carbocycles. The number of nitrogens with zero attached hydrogens (tertiary/aromatic N) is 3. The molecule has 0 unspecified atom stereocenters. The van der Waals surface area contributed by atoms with Crippen molar-refractivity contribution in [1.82, 2.24) is 25.1 Å². The van der Waals surface area contributed by atoms with E-state index < -0.39 is 0 Å². The van der Waals surface area contributed by atoms with Crippen LogP contribution in [0.4, 0.5) is 0 Å². The third kappa shape index (κ3) is 3.09. The predicted molar refractivity (Wildman–Crippen MR) is 102 cm³/mol. The zero-order chi connectivity index (χ0) is 17.8. The van der Waals surface area contributed by atoms with Crippen molar-refractivity contribution >= 4 is 11.0 Å². The van der Waals surface area contributed by atoms with Gasteiger partial charge in [-0.1, -0.05) is 20.8 Å². The lowest BCUT2D eigenvalue weighted by atomic mass is 9.94. The summed E-state index contributed by atoms with van der Waals surface area (Å²) in [7, 11) is 0. The number of aryl methyl sites for hydroxylation is 2. The first kappa shape index (κ1) is 16.3. The van der Waals surface area contributed by atoms with Crippen LogP contribution in [0.3, 0.4) is 0 Å². The van der Waals surface area contributed by atoms with Gasteiger partial charge >= 0.3 is 0 Å². The fourth-order valence-electron chi connectivity index (χ4n) is 3.76. The molecule has 2 aromatic heterocycles. The van der Waals surface area contributed by atoms with Gasteiger partial charge in [-0.2, -0.15) is 5.10 Å². The third-order valence-electron chi connectivity index (χ3n) is 5.03. The van der Waals surface area contributed by atoms with Gasteiger partial charge in [0.15, 0.2) is 5.82 Å². The van der Waals surface area contributed by atoms with Crippen molar-refractivity contribution in [3.63, 3.8) is 0 Å². The number of rotatable bonds is 2. The van der Waals surface area contributed by atoms with Gasteiger partial charge in [0.05, 0.1) is 16.7 Å². The Morgan fingerprint density at radius 1 is 1.16 bits per heavy atom. The molecule has 25 heavy (non-hydrogen) atoms. The monoisotopic (exact) mass is 337 g/mol. The fraction of sp³-hybridized carbons (Fsp3) is 0.500. The molecular weight excluding hydrogens is 310 g/mol. The van der Waals surface area contributed by atoms with Crippen LogP contribution in [0.15, 0.2) is 12.1 Å². The first-order chi connectivity index (χ1) is 11.8. The molecule has 1 aliphatic heterocycles. The second-order valence-corrected chi connectivity index (χ2v) is 8.59. The molecule has 0 atom stereocenters. The molecule has 0 saturated carbocycles. The Hall–Kier alpha value is -2.14. The highest BCUT2D eigenvalue weighted by molar-refractivity contribution is 5.81. The Morgan fingerprint density at radius 2 is 1.92 bits per heavy atom. The minimum atomic E-state index is 0.314. The van der Waals surface area contributed by atoms with Crippen LogP contribution < -0.4 is 0 Å². The second kappa shape index (κ2) is 5.70. The van der Waals surface area contributed by atoms with E-state index in [4.69, 9.17) is 4.98 Å². The van der Waals surface area contributed by atoms with Crippen molar-refractivity contribution in [3.8, 4) is 11.5 Å². The maximum atomic E-state index is 4.79. The second-order valence-electron chi connectivity index (χ2n) is 8.59. The first-order valence-corrected chi connectivity index (χ1v) is 9.06. The molecule has 4 rings (SSSR count). The number of aromatic amines is 2. The van der Waals surface area contributed by atoms with Crippen molar-refractivity contribution in [3.05, 3.63) is 34.5 Å². The minimum absolute atomic E-state index is 0.314. The normalized spacial score (nSPS) is 15.7. The number of imidazole rings is 1. The van der Waals surface area contributed by atoms with E-state index in [1.807, 2.05) is 0 Å². The van der Waals surface area contributed by atoms with E-state index in [2.05, 4.69) is 66.8 Å². The average Bonchev–Trinajstić information content (AvgIpc) is 3.09. The summed E-state index contributed by atoms with van der Waals surface area (Å²) < 4.78 is 0. The molecule has 0 bridgehead atoms. The molecule has 1 aliphatic rings. The lowest BCUT2D eigenvalue weighted by Gasteiger charge is -2.32. The third-order valence-corrected chi connectivity index (χ3v) is 5.03. The van der Waals surface area contributed by atoms with Gasteiger partial charge in [0.2, 0.25) is 0 Å². The van der Waals surface area contributed by atoms with E-state index in [9.17, 15) is 0 Å². The molecule has 5 heteroatoms. The summed E-state index contributed by atoms with van der Waals surface area (Å²) in [5.41, 5.74) is 8.50. The van der Waals surface area contributed by atoms with Gasteiger partial charge in [-0.25, -0.2) is 4.98 Å². The largest absolute Gasteiger partial charge is 0.337 e. The fourth-order valence-corrected chi connectivity index (χ4v) is 3.76. The predicted octanol–water partition coefficient (Wildman–Crippen LogP) is 3.97. The van der Waals surface area contributed by atoms with Gasteiger partial charge in [0.1, 0.15) is 5.69 Å². The Labute approximate surface area is 148 Å². The summed E-state index contributed by atoms with van der Waals surface area (Å²) >= 11 is 0. The molecule has 0 fully saturated rings. The van der Waals surface area contributed by atoms with Crippen LogP contribution in [-0.2, 0) is 13.0 Å². The summed E-state index contributed by atoms with van der Waals surface area (Å²) in [5, 5.41) is 7.85. The van der Waals surface area contributed by atoms with Gasteiger partial charge in [-0.15, -0.1) is 0 Å². The smallest absolute Gasteiger partial charge is 0.159 e. The Kier molecular flexibility index (Phi) is 3.72. The maximum Gasteiger partial charge on any atom is 0.159 e. The molecule has 0 aliphatic carbocycles. The van der Waals surface area contributed by atoms with Gasteiger partial charge < -0.3 is 4.98 Å². The molecule has 132 valence electrons. The van der Waals surface area contributed by atoms with Crippen LogP contribution in [-0.4, -0.2) is 38.2 Å². The van der Waals surface area contributed by atoms with Crippen LogP contribution in [0, 0.1) is 19.3 Å². The molecular formula is C20H27N5. The lowest BCUT2D eigenvalue weighted by molar-refractivity contribution is 0.175. The van der Waals surface area contributed by atoms with E-state index in [1.165, 1.54) is 22.4 Å². The van der Waals surface area contributed by atoms with Crippen LogP contribution >= 0.6 is 0 Å². The zero-order valence-corrected chi connectivity index (χ0v) is 15.8. The zero-order valence-electron chi connectivity index (χ0n) is 15.8. The molecule has 0 amide bonds. The van der Waals surface area contributed by atoms with Crippen LogP contribution in [0.25, 0.3) is 22.6 Å². The van der Waals surface area contributed by atoms with Crippen molar-refractivity contribution in [2.45, 2.75) is 47.6 Å². The quantitative estimate of drug-likeness (QED) is 0.744. The summed E-state index contributed by atoms with van der Waals surface area (Å²) in [6.07, 6.45) is 1.02. The van der Waals surface area contributed by atoms with Gasteiger partial charge in [-0.3, -0.25) is 10.00 Å². The highest BCUT2D eigenvalue weighted by atomic mass is 15.2. The molecule has 3 heterocycles. The van der Waals surface area contributed by atoms with E-state index >= 15 is 0 Å². The molecule has 0 radical (unpaired) electrons. The van der Waals surface area contributed by atoms with E-state index in [0.717, 1.165) is 48.6 Å². The van der Waals surface area contributed by atoms with E-state index in [-0.39, 0.29) is 0 Å². The highest BCUT2D eigenvalue weighted by Crippen LogP contribution is 2.29. The number of hydrogen-bond donors (Lipinski definition) is 2.